The van der Waals surface area contributed by atoms with Gasteiger partial charge < -0.3 is 5.32 Å². The van der Waals surface area contributed by atoms with Crippen molar-refractivity contribution in [2.75, 3.05) is 5.32 Å². The topological polar surface area (TPSA) is 84.3 Å². The van der Waals surface area contributed by atoms with Crippen molar-refractivity contribution >= 4 is 34.6 Å². The maximum absolute atomic E-state index is 12.0. The van der Waals surface area contributed by atoms with Crippen molar-refractivity contribution in [2.24, 2.45) is 0 Å². The minimum atomic E-state index is -0.520. The Hall–Kier alpha value is -2.80. The van der Waals surface area contributed by atoms with Gasteiger partial charge in [-0.3, -0.25) is 20.2 Å². The van der Waals surface area contributed by atoms with Crippen LogP contribution in [0.2, 0.25) is 0 Å². The van der Waals surface area contributed by atoms with E-state index in [1.807, 2.05) is 24.3 Å². The third-order valence-corrected chi connectivity index (χ3v) is 3.39. The van der Waals surface area contributed by atoms with E-state index >= 15 is 0 Å². The van der Waals surface area contributed by atoms with Crippen LogP contribution < -0.4 is 10.6 Å². The van der Waals surface area contributed by atoms with E-state index in [0.717, 1.165) is 12.1 Å². The van der Waals surface area contributed by atoms with Crippen molar-refractivity contribution in [2.45, 2.75) is 13.3 Å². The summed E-state index contributed by atoms with van der Waals surface area (Å²) < 4.78 is 0. The lowest BCUT2D eigenvalue weighted by molar-refractivity contribution is -0.384. The number of rotatable bonds is 4. The van der Waals surface area contributed by atoms with Crippen LogP contribution in [0.1, 0.15) is 22.8 Å². The summed E-state index contributed by atoms with van der Waals surface area (Å²) in [6.07, 6.45) is 0.946. The summed E-state index contributed by atoms with van der Waals surface area (Å²) in [7, 11) is 0. The number of aryl methyl sites for hydroxylation is 1. The molecule has 2 rings (SSSR count). The Morgan fingerprint density at radius 3 is 2.26 bits per heavy atom. The zero-order valence-electron chi connectivity index (χ0n) is 12.4. The molecule has 0 aromatic heterocycles. The van der Waals surface area contributed by atoms with Gasteiger partial charge in [0.1, 0.15) is 0 Å². The number of benzene rings is 2. The van der Waals surface area contributed by atoms with Crippen molar-refractivity contribution in [3.8, 4) is 0 Å². The molecular weight excluding hydrogens is 314 g/mol. The van der Waals surface area contributed by atoms with E-state index < -0.39 is 10.8 Å². The quantitative estimate of drug-likeness (QED) is 0.511. The largest absolute Gasteiger partial charge is 0.332 e. The molecule has 23 heavy (non-hydrogen) atoms. The number of nitro groups is 1. The van der Waals surface area contributed by atoms with Crippen LogP contribution in [-0.2, 0) is 6.42 Å². The van der Waals surface area contributed by atoms with Crippen molar-refractivity contribution in [3.05, 3.63) is 69.8 Å². The molecule has 0 unspecified atom stereocenters. The van der Waals surface area contributed by atoms with Crippen LogP contribution in [-0.4, -0.2) is 15.9 Å². The van der Waals surface area contributed by atoms with Crippen molar-refractivity contribution in [1.82, 2.24) is 5.32 Å². The Morgan fingerprint density at radius 2 is 1.74 bits per heavy atom. The third-order valence-electron chi connectivity index (χ3n) is 3.19. The van der Waals surface area contributed by atoms with Crippen LogP contribution in [0.4, 0.5) is 11.4 Å². The molecule has 7 heteroatoms. The summed E-state index contributed by atoms with van der Waals surface area (Å²) in [5.41, 5.74) is 2.20. The molecule has 0 fully saturated rings. The summed E-state index contributed by atoms with van der Waals surface area (Å²) in [5.74, 6) is -0.428. The summed E-state index contributed by atoms with van der Waals surface area (Å²) in [6.45, 7) is 2.07. The van der Waals surface area contributed by atoms with E-state index in [9.17, 15) is 14.9 Å². The molecule has 2 aromatic carbocycles. The Labute approximate surface area is 138 Å². The maximum atomic E-state index is 12.0. The smallest absolute Gasteiger partial charge is 0.269 e. The number of hydrogen-bond acceptors (Lipinski definition) is 4. The summed E-state index contributed by atoms with van der Waals surface area (Å²) in [4.78, 5) is 22.1. The van der Waals surface area contributed by atoms with Gasteiger partial charge >= 0.3 is 0 Å². The summed E-state index contributed by atoms with van der Waals surface area (Å²) in [6, 6.07) is 13.0. The molecule has 1 amide bonds. The van der Waals surface area contributed by atoms with Crippen LogP contribution >= 0.6 is 12.2 Å². The van der Waals surface area contributed by atoms with Gasteiger partial charge in [-0.05, 0) is 48.5 Å². The van der Waals surface area contributed by atoms with E-state index in [1.54, 1.807) is 0 Å². The second-order valence-electron chi connectivity index (χ2n) is 4.76. The molecule has 0 bridgehead atoms. The molecule has 0 aliphatic heterocycles. The number of hydrogen-bond donors (Lipinski definition) is 2. The molecule has 0 radical (unpaired) electrons. The highest BCUT2D eigenvalue weighted by Gasteiger charge is 2.10. The molecule has 118 valence electrons. The van der Waals surface area contributed by atoms with E-state index in [0.29, 0.717) is 5.56 Å². The van der Waals surface area contributed by atoms with Crippen molar-refractivity contribution in [3.63, 3.8) is 0 Å². The fraction of sp³-hybridized carbons (Fsp3) is 0.125. The average molecular weight is 329 g/mol. The zero-order chi connectivity index (χ0) is 16.8. The van der Waals surface area contributed by atoms with E-state index in [2.05, 4.69) is 17.6 Å². The molecule has 0 heterocycles. The number of nitrogens with zero attached hydrogens (tertiary/aromatic N) is 1. The first-order chi connectivity index (χ1) is 11.0. The van der Waals surface area contributed by atoms with Crippen molar-refractivity contribution < 1.29 is 9.72 Å². The van der Waals surface area contributed by atoms with E-state index in [-0.39, 0.29) is 10.8 Å². The number of carbonyl (C=O) groups is 1. The van der Waals surface area contributed by atoms with Gasteiger partial charge in [-0.1, -0.05) is 19.1 Å². The number of carbonyl (C=O) groups excluding carboxylic acids is 1. The Balaban J connectivity index is 1.95. The first kappa shape index (κ1) is 16.6. The highest BCUT2D eigenvalue weighted by Crippen LogP contribution is 2.12. The number of nitro benzene ring substituents is 1. The number of non-ortho nitro benzene ring substituents is 1. The fourth-order valence-corrected chi connectivity index (χ4v) is 2.11. The van der Waals surface area contributed by atoms with Crippen LogP contribution in [0.15, 0.2) is 48.5 Å². The number of anilines is 1. The maximum Gasteiger partial charge on any atom is 0.269 e. The second-order valence-corrected chi connectivity index (χ2v) is 5.17. The number of nitrogens with one attached hydrogen (secondary N) is 2. The van der Waals surface area contributed by atoms with Gasteiger partial charge in [0.2, 0.25) is 0 Å². The minimum Gasteiger partial charge on any atom is -0.332 e. The molecule has 0 saturated heterocycles. The van der Waals surface area contributed by atoms with Gasteiger partial charge in [0.05, 0.1) is 4.92 Å². The molecule has 0 atom stereocenters. The van der Waals surface area contributed by atoms with Gasteiger partial charge in [-0.2, -0.15) is 0 Å². The van der Waals surface area contributed by atoms with Crippen LogP contribution in [0, 0.1) is 10.1 Å². The lowest BCUT2D eigenvalue weighted by Gasteiger charge is -2.10. The van der Waals surface area contributed by atoms with Gasteiger partial charge in [-0.15, -0.1) is 0 Å². The molecule has 2 N–H and O–H groups in total. The molecule has 6 nitrogen and oxygen atoms in total. The average Bonchev–Trinajstić information content (AvgIpc) is 2.55. The Kier molecular flexibility index (Phi) is 5.37. The van der Waals surface area contributed by atoms with Gasteiger partial charge in [0.15, 0.2) is 5.11 Å². The predicted molar refractivity (Wildman–Crippen MR) is 92.6 cm³/mol. The van der Waals surface area contributed by atoms with E-state index in [4.69, 9.17) is 12.2 Å². The van der Waals surface area contributed by atoms with Crippen LogP contribution in [0.5, 0.6) is 0 Å². The van der Waals surface area contributed by atoms with Crippen molar-refractivity contribution in [1.29, 1.82) is 0 Å². The number of thiocarbonyl (C=S) groups is 1. The molecule has 0 saturated carbocycles. The molecule has 0 aliphatic carbocycles. The molecule has 0 aliphatic rings. The fourth-order valence-electron chi connectivity index (χ4n) is 1.90. The van der Waals surface area contributed by atoms with Crippen LogP contribution in [0.25, 0.3) is 0 Å². The molecule has 0 spiro atoms. The zero-order valence-corrected chi connectivity index (χ0v) is 13.2. The SMILES string of the molecule is CCc1ccc(NC(=S)NC(=O)c2ccc([N+](=O)[O-])cc2)cc1. The summed E-state index contributed by atoms with van der Waals surface area (Å²) >= 11 is 5.09. The standard InChI is InChI=1S/C16H15N3O3S/c1-2-11-3-7-13(8-4-11)17-16(23)18-15(20)12-5-9-14(10-6-12)19(21)22/h3-10H,2H2,1H3,(H2,17,18,20,23). The highest BCUT2D eigenvalue weighted by molar-refractivity contribution is 7.80. The van der Waals surface area contributed by atoms with Crippen LogP contribution in [0.3, 0.4) is 0 Å². The lowest BCUT2D eigenvalue weighted by atomic mass is 10.1. The molecule has 2 aromatic rings. The molecular formula is C16H15N3O3S. The predicted octanol–water partition coefficient (Wildman–Crippen LogP) is 3.28. The van der Waals surface area contributed by atoms with E-state index in [1.165, 1.54) is 29.8 Å². The first-order valence-electron chi connectivity index (χ1n) is 6.95. The lowest BCUT2D eigenvalue weighted by Crippen LogP contribution is -2.34. The Morgan fingerprint density at radius 1 is 1.13 bits per heavy atom. The van der Waals surface area contributed by atoms with Gasteiger partial charge in [0.25, 0.3) is 11.6 Å². The third kappa shape index (κ3) is 4.58. The van der Waals surface area contributed by atoms with Gasteiger partial charge in [0, 0.05) is 23.4 Å². The second kappa shape index (κ2) is 7.46. The minimum absolute atomic E-state index is 0.0711. The number of amides is 1. The monoisotopic (exact) mass is 329 g/mol. The first-order valence-corrected chi connectivity index (χ1v) is 7.36. The Bertz CT molecular complexity index is 727. The summed E-state index contributed by atoms with van der Waals surface area (Å²) in [5, 5.41) is 16.2. The highest BCUT2D eigenvalue weighted by atomic mass is 32.1. The normalized spacial score (nSPS) is 9.96. The van der Waals surface area contributed by atoms with Gasteiger partial charge in [-0.25, -0.2) is 0 Å².